The Morgan fingerprint density at radius 3 is 2.61 bits per heavy atom. The summed E-state index contributed by atoms with van der Waals surface area (Å²) in [5.74, 6) is 0.108. The second-order valence-electron chi connectivity index (χ2n) is 9.56. The van der Waals surface area contributed by atoms with Gasteiger partial charge >= 0.3 is 5.97 Å². The summed E-state index contributed by atoms with van der Waals surface area (Å²) in [5.41, 5.74) is 6.60. The van der Waals surface area contributed by atoms with Crippen molar-refractivity contribution in [2.45, 2.75) is 31.7 Å². The molecule has 2 aliphatic rings. The number of carboxylic acid groups (broad SMARTS) is 1. The Hall–Kier alpha value is -3.50. The number of rotatable bonds is 13. The Morgan fingerprint density at radius 1 is 1.13 bits per heavy atom. The number of para-hydroxylation sites is 2. The molecule has 0 bridgehead atoms. The van der Waals surface area contributed by atoms with Crippen LogP contribution in [0.2, 0.25) is 0 Å². The standard InChI is InChI=1S/C28H37N3O7/c1-3-4-12-30(13-11-29)26(32)16-31-15-20(19-9-10-24-25(14-19)38-18-37-24)27(28(33)34)21(31)17-36-23-8-6-5-7-22(23)35-2/h5-10,14,20-21,27H,3-4,11-13,15-18,29H2,1-2H3,(H,33,34)/t20-,21+,27-/m1/s1. The van der Waals surface area contributed by atoms with Crippen LogP contribution in [0.5, 0.6) is 23.0 Å². The van der Waals surface area contributed by atoms with Crippen molar-refractivity contribution < 1.29 is 33.6 Å². The van der Waals surface area contributed by atoms with E-state index in [2.05, 4.69) is 6.92 Å². The molecule has 10 heteroatoms. The number of amides is 1. The van der Waals surface area contributed by atoms with Gasteiger partial charge in [-0.05, 0) is 36.2 Å². The smallest absolute Gasteiger partial charge is 0.308 e. The molecule has 2 aliphatic heterocycles. The van der Waals surface area contributed by atoms with Gasteiger partial charge in [-0.15, -0.1) is 0 Å². The third kappa shape index (κ3) is 6.14. The van der Waals surface area contributed by atoms with E-state index in [9.17, 15) is 14.7 Å². The van der Waals surface area contributed by atoms with E-state index in [1.807, 2.05) is 29.2 Å². The van der Waals surface area contributed by atoms with Crippen LogP contribution in [0.15, 0.2) is 42.5 Å². The monoisotopic (exact) mass is 527 g/mol. The molecule has 1 saturated heterocycles. The first-order valence-electron chi connectivity index (χ1n) is 13.1. The van der Waals surface area contributed by atoms with E-state index in [1.54, 1.807) is 30.2 Å². The van der Waals surface area contributed by atoms with Crippen LogP contribution in [0.3, 0.4) is 0 Å². The van der Waals surface area contributed by atoms with E-state index in [4.69, 9.17) is 24.7 Å². The predicted molar refractivity (Wildman–Crippen MR) is 141 cm³/mol. The van der Waals surface area contributed by atoms with Gasteiger partial charge < -0.3 is 34.7 Å². The summed E-state index contributed by atoms with van der Waals surface area (Å²) in [7, 11) is 1.56. The van der Waals surface area contributed by atoms with Gasteiger partial charge in [0.2, 0.25) is 12.7 Å². The van der Waals surface area contributed by atoms with E-state index in [0.29, 0.717) is 49.2 Å². The third-order valence-electron chi connectivity index (χ3n) is 7.21. The van der Waals surface area contributed by atoms with Crippen LogP contribution in [-0.2, 0) is 9.59 Å². The topological polar surface area (TPSA) is 124 Å². The maximum absolute atomic E-state index is 13.4. The first-order valence-corrected chi connectivity index (χ1v) is 13.1. The summed E-state index contributed by atoms with van der Waals surface area (Å²) in [4.78, 5) is 29.8. The lowest BCUT2D eigenvalue weighted by atomic mass is 9.85. The Morgan fingerprint density at radius 2 is 1.89 bits per heavy atom. The maximum Gasteiger partial charge on any atom is 0.308 e. The van der Waals surface area contributed by atoms with Crippen molar-refractivity contribution in [2.75, 3.05) is 53.2 Å². The van der Waals surface area contributed by atoms with Crippen molar-refractivity contribution in [3.05, 3.63) is 48.0 Å². The molecule has 3 atom stereocenters. The number of nitrogens with zero attached hydrogens (tertiary/aromatic N) is 2. The molecule has 0 aromatic heterocycles. The average molecular weight is 528 g/mol. The summed E-state index contributed by atoms with van der Waals surface area (Å²) in [6, 6.07) is 12.2. The summed E-state index contributed by atoms with van der Waals surface area (Å²) >= 11 is 0. The van der Waals surface area contributed by atoms with E-state index in [0.717, 1.165) is 18.4 Å². The molecule has 206 valence electrons. The zero-order valence-electron chi connectivity index (χ0n) is 22.0. The minimum Gasteiger partial charge on any atom is -0.493 e. The fraction of sp³-hybridized carbons (Fsp3) is 0.500. The molecule has 0 aliphatic carbocycles. The molecule has 2 aromatic carbocycles. The molecular formula is C28H37N3O7. The van der Waals surface area contributed by atoms with Crippen molar-refractivity contribution >= 4 is 11.9 Å². The highest BCUT2D eigenvalue weighted by molar-refractivity contribution is 5.79. The van der Waals surface area contributed by atoms with Crippen LogP contribution in [0.1, 0.15) is 31.2 Å². The number of unbranched alkanes of at least 4 members (excludes halogenated alkanes) is 1. The molecule has 2 heterocycles. The molecule has 4 rings (SSSR count). The third-order valence-corrected chi connectivity index (χ3v) is 7.21. The Kier molecular flexibility index (Phi) is 9.30. The van der Waals surface area contributed by atoms with E-state index in [-0.39, 0.29) is 31.8 Å². The van der Waals surface area contributed by atoms with Crippen LogP contribution in [0.25, 0.3) is 0 Å². The fourth-order valence-electron chi connectivity index (χ4n) is 5.23. The van der Waals surface area contributed by atoms with Gasteiger partial charge in [0.1, 0.15) is 6.61 Å². The van der Waals surface area contributed by atoms with Crippen molar-refractivity contribution in [3.63, 3.8) is 0 Å². The molecule has 1 amide bonds. The molecule has 38 heavy (non-hydrogen) atoms. The largest absolute Gasteiger partial charge is 0.493 e. The summed E-state index contributed by atoms with van der Waals surface area (Å²) < 4.78 is 22.5. The van der Waals surface area contributed by atoms with Gasteiger partial charge in [0, 0.05) is 32.1 Å². The van der Waals surface area contributed by atoms with Gasteiger partial charge in [-0.25, -0.2) is 0 Å². The predicted octanol–water partition coefficient (Wildman–Crippen LogP) is 2.56. The number of nitrogens with two attached hydrogens (primary N) is 1. The molecular weight excluding hydrogens is 490 g/mol. The maximum atomic E-state index is 13.4. The number of likely N-dealkylation sites (tertiary alicyclic amines) is 1. The van der Waals surface area contributed by atoms with Crippen molar-refractivity contribution in [1.29, 1.82) is 0 Å². The molecule has 0 unspecified atom stereocenters. The van der Waals surface area contributed by atoms with Gasteiger partial charge in [0.15, 0.2) is 23.0 Å². The Balaban J connectivity index is 1.62. The quantitative estimate of drug-likeness (QED) is 0.404. The second kappa shape index (κ2) is 12.8. The lowest BCUT2D eigenvalue weighted by molar-refractivity contribution is -0.144. The van der Waals surface area contributed by atoms with Crippen LogP contribution in [0, 0.1) is 5.92 Å². The van der Waals surface area contributed by atoms with Crippen LogP contribution in [-0.4, -0.2) is 86.1 Å². The molecule has 0 spiro atoms. The number of ether oxygens (including phenoxy) is 4. The van der Waals surface area contributed by atoms with Gasteiger partial charge in [0.05, 0.1) is 25.6 Å². The molecule has 3 N–H and O–H groups in total. The van der Waals surface area contributed by atoms with E-state index in [1.165, 1.54) is 0 Å². The normalized spacial score (nSPS) is 20.3. The second-order valence-corrected chi connectivity index (χ2v) is 9.56. The first kappa shape index (κ1) is 27.5. The number of carbonyl (C=O) groups is 2. The SMILES string of the molecule is CCCCN(CCN)C(=O)CN1C[C@H](c2ccc3c(c2)OCO3)[C@@H](C(=O)O)[C@@H]1COc1ccccc1OC. The van der Waals surface area contributed by atoms with Crippen LogP contribution >= 0.6 is 0 Å². The van der Waals surface area contributed by atoms with Crippen molar-refractivity contribution in [2.24, 2.45) is 11.7 Å². The number of hydrogen-bond acceptors (Lipinski definition) is 8. The minimum absolute atomic E-state index is 0.0679. The van der Waals surface area contributed by atoms with Gasteiger partial charge in [-0.1, -0.05) is 31.5 Å². The average Bonchev–Trinajstić information content (AvgIpc) is 3.54. The van der Waals surface area contributed by atoms with Gasteiger partial charge in [0.25, 0.3) is 0 Å². The number of carbonyl (C=O) groups excluding carboxylic acids is 1. The highest BCUT2D eigenvalue weighted by Crippen LogP contribution is 2.42. The lowest BCUT2D eigenvalue weighted by Gasteiger charge is -2.29. The van der Waals surface area contributed by atoms with Gasteiger partial charge in [-0.3, -0.25) is 14.5 Å². The van der Waals surface area contributed by atoms with Crippen molar-refractivity contribution in [3.8, 4) is 23.0 Å². The van der Waals surface area contributed by atoms with E-state index >= 15 is 0 Å². The van der Waals surface area contributed by atoms with E-state index < -0.39 is 17.9 Å². The minimum atomic E-state index is -0.943. The van der Waals surface area contributed by atoms with Crippen LogP contribution < -0.4 is 24.7 Å². The zero-order valence-corrected chi connectivity index (χ0v) is 22.0. The molecule has 2 aromatic rings. The molecule has 10 nitrogen and oxygen atoms in total. The van der Waals surface area contributed by atoms with Crippen molar-refractivity contribution in [1.82, 2.24) is 9.80 Å². The molecule has 1 fully saturated rings. The molecule has 0 saturated carbocycles. The van der Waals surface area contributed by atoms with Crippen LogP contribution in [0.4, 0.5) is 0 Å². The lowest BCUT2D eigenvalue weighted by Crippen LogP contribution is -2.47. The molecule has 0 radical (unpaired) electrons. The number of methoxy groups -OCH3 is 1. The highest BCUT2D eigenvalue weighted by Gasteiger charge is 2.48. The summed E-state index contributed by atoms with van der Waals surface area (Å²) in [6.07, 6.45) is 1.84. The summed E-state index contributed by atoms with van der Waals surface area (Å²) in [6.45, 7) is 4.20. The fourth-order valence-corrected chi connectivity index (χ4v) is 5.23. The highest BCUT2D eigenvalue weighted by atomic mass is 16.7. The van der Waals surface area contributed by atoms with Gasteiger partial charge in [-0.2, -0.15) is 0 Å². The Bertz CT molecular complexity index is 1110. The number of carboxylic acids is 1. The Labute approximate surface area is 223 Å². The zero-order chi connectivity index (χ0) is 27.1. The summed E-state index contributed by atoms with van der Waals surface area (Å²) in [5, 5.41) is 10.4. The number of fused-ring (bicyclic) bond motifs is 1. The number of hydrogen-bond donors (Lipinski definition) is 2. The number of benzene rings is 2. The number of aliphatic carboxylic acids is 1. The first-order chi connectivity index (χ1) is 18.5.